The number of nitrogens with one attached hydrogen (secondary N) is 2. The van der Waals surface area contributed by atoms with Crippen molar-refractivity contribution in [2.45, 2.75) is 38.8 Å². The molecule has 196 valence electrons. The summed E-state index contributed by atoms with van der Waals surface area (Å²) in [6.45, 7) is 7.07. The van der Waals surface area contributed by atoms with E-state index >= 15 is 0 Å². The summed E-state index contributed by atoms with van der Waals surface area (Å²) in [6.07, 6.45) is 2.86. The summed E-state index contributed by atoms with van der Waals surface area (Å²) in [5.74, 6) is -0.772. The van der Waals surface area contributed by atoms with Crippen LogP contribution < -0.4 is 16.0 Å². The number of fused-ring (bicyclic) bond motifs is 1. The number of halogens is 1. The molecule has 37 heavy (non-hydrogen) atoms. The zero-order valence-corrected chi connectivity index (χ0v) is 21.8. The number of amides is 3. The van der Waals surface area contributed by atoms with Gasteiger partial charge in [0, 0.05) is 55.4 Å². The van der Waals surface area contributed by atoms with Crippen molar-refractivity contribution in [3.63, 3.8) is 0 Å². The topological polar surface area (TPSA) is 134 Å². The summed E-state index contributed by atoms with van der Waals surface area (Å²) in [4.78, 5) is 49.3. The fraction of sp³-hybridized carbons (Fsp3) is 0.385. The molecule has 3 amide bonds. The lowest BCUT2D eigenvalue weighted by Gasteiger charge is -2.38. The standard InChI is InChI=1S/C26H31ClN6O4/c1-26(2,3)37-25(36)31-20(14-16-4-6-17(27)7-5-16)24(35)33-12-10-32(11-13-33)21-18-8-9-29-23(18)30-15-19(21)22(28)34/h4-9,15,20H,10-14H2,1-3H3,(H2,28,34)(H,29,30)(H,31,36). The molecule has 0 spiro atoms. The Morgan fingerprint density at radius 3 is 2.43 bits per heavy atom. The van der Waals surface area contributed by atoms with Gasteiger partial charge in [0.2, 0.25) is 5.91 Å². The Hall–Kier alpha value is -3.79. The van der Waals surface area contributed by atoms with E-state index in [4.69, 9.17) is 22.1 Å². The number of anilines is 1. The molecule has 11 heteroatoms. The molecule has 1 atom stereocenters. The van der Waals surface area contributed by atoms with Crippen LogP contribution in [0.5, 0.6) is 0 Å². The number of H-pyrrole nitrogens is 1. The number of piperazine rings is 1. The van der Waals surface area contributed by atoms with Gasteiger partial charge in [-0.05, 0) is 44.5 Å². The molecular weight excluding hydrogens is 496 g/mol. The summed E-state index contributed by atoms with van der Waals surface area (Å²) >= 11 is 6.01. The molecule has 1 aliphatic rings. The predicted molar refractivity (Wildman–Crippen MR) is 142 cm³/mol. The van der Waals surface area contributed by atoms with Gasteiger partial charge in [-0.2, -0.15) is 0 Å². The lowest BCUT2D eigenvalue weighted by Crippen LogP contribution is -2.56. The van der Waals surface area contributed by atoms with Crippen molar-refractivity contribution < 1.29 is 19.1 Å². The molecule has 1 saturated heterocycles. The molecule has 3 heterocycles. The number of alkyl carbamates (subject to hydrolysis) is 1. The number of carbonyl (C=O) groups is 3. The number of hydrogen-bond acceptors (Lipinski definition) is 6. The first-order chi connectivity index (χ1) is 17.5. The molecule has 2 aromatic heterocycles. The SMILES string of the molecule is CC(C)(C)OC(=O)NC(Cc1ccc(Cl)cc1)C(=O)N1CCN(c2c(C(N)=O)cnc3[nH]ccc23)CC1. The van der Waals surface area contributed by atoms with Gasteiger partial charge in [0.25, 0.3) is 5.91 Å². The number of nitrogens with zero attached hydrogens (tertiary/aromatic N) is 3. The molecule has 1 aliphatic heterocycles. The van der Waals surface area contributed by atoms with Gasteiger partial charge in [0.1, 0.15) is 17.3 Å². The molecule has 1 unspecified atom stereocenters. The Balaban J connectivity index is 1.50. The van der Waals surface area contributed by atoms with Crippen LogP contribution in [0.4, 0.5) is 10.5 Å². The van der Waals surface area contributed by atoms with E-state index in [-0.39, 0.29) is 12.3 Å². The monoisotopic (exact) mass is 526 g/mol. The maximum Gasteiger partial charge on any atom is 0.408 e. The third-order valence-electron chi connectivity index (χ3n) is 6.07. The van der Waals surface area contributed by atoms with Crippen molar-refractivity contribution in [1.29, 1.82) is 0 Å². The third kappa shape index (κ3) is 6.32. The average molecular weight is 527 g/mol. The van der Waals surface area contributed by atoms with Gasteiger partial charge in [-0.15, -0.1) is 0 Å². The van der Waals surface area contributed by atoms with Crippen LogP contribution in [-0.2, 0) is 16.0 Å². The number of hydrogen-bond donors (Lipinski definition) is 3. The van der Waals surface area contributed by atoms with Gasteiger partial charge in [-0.1, -0.05) is 23.7 Å². The minimum absolute atomic E-state index is 0.211. The van der Waals surface area contributed by atoms with Crippen LogP contribution in [0, 0.1) is 0 Å². The zero-order chi connectivity index (χ0) is 26.7. The van der Waals surface area contributed by atoms with E-state index in [1.165, 1.54) is 6.20 Å². The van der Waals surface area contributed by atoms with Gasteiger partial charge in [-0.3, -0.25) is 9.59 Å². The van der Waals surface area contributed by atoms with Crippen molar-refractivity contribution in [2.75, 3.05) is 31.1 Å². The molecule has 10 nitrogen and oxygen atoms in total. The highest BCUT2D eigenvalue weighted by atomic mass is 35.5. The van der Waals surface area contributed by atoms with Gasteiger partial charge < -0.3 is 30.6 Å². The van der Waals surface area contributed by atoms with Gasteiger partial charge in [-0.25, -0.2) is 9.78 Å². The first kappa shape index (κ1) is 26.3. The number of pyridine rings is 1. The van der Waals surface area contributed by atoms with E-state index in [9.17, 15) is 14.4 Å². The number of nitrogens with two attached hydrogens (primary N) is 1. The molecule has 1 fully saturated rings. The summed E-state index contributed by atoms with van der Waals surface area (Å²) in [7, 11) is 0. The number of benzene rings is 1. The smallest absolute Gasteiger partial charge is 0.408 e. The maximum atomic E-state index is 13.6. The molecule has 0 aliphatic carbocycles. The van der Waals surface area contributed by atoms with Crippen LogP contribution in [0.3, 0.4) is 0 Å². The van der Waals surface area contributed by atoms with Crippen LogP contribution in [0.2, 0.25) is 5.02 Å². The van der Waals surface area contributed by atoms with E-state index in [1.807, 2.05) is 23.1 Å². The summed E-state index contributed by atoms with van der Waals surface area (Å²) in [6, 6.07) is 8.19. The van der Waals surface area contributed by atoms with Gasteiger partial charge in [0.15, 0.2) is 0 Å². The molecule has 0 saturated carbocycles. The van der Waals surface area contributed by atoms with Crippen LogP contribution in [0.1, 0.15) is 36.7 Å². The predicted octanol–water partition coefficient (Wildman–Crippen LogP) is 3.10. The van der Waals surface area contributed by atoms with E-state index in [1.54, 1.807) is 44.0 Å². The second-order valence-corrected chi connectivity index (χ2v) is 10.4. The number of aromatic nitrogens is 2. The maximum absolute atomic E-state index is 13.6. The fourth-order valence-corrected chi connectivity index (χ4v) is 4.52. The van der Waals surface area contributed by atoms with Crippen LogP contribution >= 0.6 is 11.6 Å². The largest absolute Gasteiger partial charge is 0.444 e. The summed E-state index contributed by atoms with van der Waals surface area (Å²) < 4.78 is 5.40. The minimum atomic E-state index is -0.818. The van der Waals surface area contributed by atoms with E-state index < -0.39 is 23.6 Å². The molecular formula is C26H31ClN6O4. The molecule has 1 aromatic carbocycles. The van der Waals surface area contributed by atoms with Gasteiger partial charge in [0.05, 0.1) is 11.3 Å². The number of aromatic amines is 1. The lowest BCUT2D eigenvalue weighted by atomic mass is 10.0. The van der Waals surface area contributed by atoms with Crippen LogP contribution in [0.15, 0.2) is 42.7 Å². The molecule has 3 aromatic rings. The Labute approximate surface area is 220 Å². The highest BCUT2D eigenvalue weighted by Gasteiger charge is 2.31. The van der Waals surface area contributed by atoms with E-state index in [0.29, 0.717) is 48.1 Å². The quantitative estimate of drug-likeness (QED) is 0.452. The molecule has 4 rings (SSSR count). The minimum Gasteiger partial charge on any atom is -0.444 e. The van der Waals surface area contributed by atoms with E-state index in [0.717, 1.165) is 10.9 Å². The number of rotatable bonds is 6. The Morgan fingerprint density at radius 2 is 1.81 bits per heavy atom. The van der Waals surface area contributed by atoms with E-state index in [2.05, 4.69) is 15.3 Å². The number of carbonyl (C=O) groups excluding carboxylic acids is 3. The van der Waals surface area contributed by atoms with Crippen molar-refractivity contribution >= 4 is 46.2 Å². The second-order valence-electron chi connectivity index (χ2n) is 9.97. The highest BCUT2D eigenvalue weighted by molar-refractivity contribution is 6.30. The van der Waals surface area contributed by atoms with Crippen LogP contribution in [-0.4, -0.2) is 70.6 Å². The first-order valence-electron chi connectivity index (χ1n) is 12.1. The van der Waals surface area contributed by atoms with Crippen molar-refractivity contribution in [3.05, 3.63) is 58.9 Å². The zero-order valence-electron chi connectivity index (χ0n) is 21.1. The molecule has 4 N–H and O–H groups in total. The number of ether oxygens (including phenoxy) is 1. The number of primary amides is 1. The second kappa shape index (κ2) is 10.7. The van der Waals surface area contributed by atoms with Crippen molar-refractivity contribution in [1.82, 2.24) is 20.2 Å². The molecule has 0 radical (unpaired) electrons. The summed E-state index contributed by atoms with van der Waals surface area (Å²) in [5.41, 5.74) is 7.48. The van der Waals surface area contributed by atoms with Crippen molar-refractivity contribution in [2.24, 2.45) is 5.73 Å². The average Bonchev–Trinajstić information content (AvgIpc) is 3.32. The first-order valence-corrected chi connectivity index (χ1v) is 12.4. The normalized spacial score (nSPS) is 14.9. The lowest BCUT2D eigenvalue weighted by molar-refractivity contribution is -0.133. The fourth-order valence-electron chi connectivity index (χ4n) is 4.39. The Kier molecular flexibility index (Phi) is 7.58. The van der Waals surface area contributed by atoms with Crippen LogP contribution in [0.25, 0.3) is 11.0 Å². The highest BCUT2D eigenvalue weighted by Crippen LogP contribution is 2.30. The third-order valence-corrected chi connectivity index (χ3v) is 6.33. The van der Waals surface area contributed by atoms with Crippen molar-refractivity contribution in [3.8, 4) is 0 Å². The summed E-state index contributed by atoms with van der Waals surface area (Å²) in [5, 5.41) is 4.13. The molecule has 0 bridgehead atoms. The Morgan fingerprint density at radius 1 is 1.14 bits per heavy atom. The van der Waals surface area contributed by atoms with Gasteiger partial charge >= 0.3 is 6.09 Å². The Bertz CT molecular complexity index is 1290.